The summed E-state index contributed by atoms with van der Waals surface area (Å²) in [7, 11) is 0. The number of amides is 2. The molecule has 3 atom stereocenters. The van der Waals surface area contributed by atoms with Gasteiger partial charge in [-0.3, -0.25) is 14.5 Å². The van der Waals surface area contributed by atoms with E-state index in [2.05, 4.69) is 46.7 Å². The number of ether oxygens (including phenoxy) is 1. The van der Waals surface area contributed by atoms with Gasteiger partial charge in [0.25, 0.3) is 5.91 Å². The fraction of sp³-hybridized carbons (Fsp3) is 0.576. The second kappa shape index (κ2) is 11.0. The summed E-state index contributed by atoms with van der Waals surface area (Å²) in [6, 6.07) is 13.0. The maximum atomic E-state index is 13.4. The lowest BCUT2D eigenvalue weighted by atomic mass is 9.84. The molecule has 6 nitrogen and oxygen atoms in total. The Balaban J connectivity index is 1.24. The van der Waals surface area contributed by atoms with Crippen LogP contribution in [-0.2, 0) is 17.8 Å². The lowest BCUT2D eigenvalue weighted by molar-refractivity contribution is -0.129. The number of rotatable bonds is 6. The summed E-state index contributed by atoms with van der Waals surface area (Å²) in [5.74, 6) is 0.913. The van der Waals surface area contributed by atoms with Gasteiger partial charge in [0.15, 0.2) is 0 Å². The van der Waals surface area contributed by atoms with Crippen molar-refractivity contribution in [1.82, 2.24) is 15.5 Å². The molecule has 6 heteroatoms. The fourth-order valence-corrected chi connectivity index (χ4v) is 7.34. The van der Waals surface area contributed by atoms with Crippen molar-refractivity contribution in [3.8, 4) is 16.9 Å². The number of nitrogens with one attached hydrogen (secondary N) is 2. The molecule has 3 fully saturated rings. The van der Waals surface area contributed by atoms with Crippen molar-refractivity contribution >= 4 is 11.8 Å². The molecule has 3 unspecified atom stereocenters. The van der Waals surface area contributed by atoms with E-state index in [-0.39, 0.29) is 35.3 Å². The van der Waals surface area contributed by atoms with Crippen LogP contribution >= 0.6 is 0 Å². The van der Waals surface area contributed by atoms with E-state index < -0.39 is 0 Å². The van der Waals surface area contributed by atoms with Crippen LogP contribution in [0.4, 0.5) is 0 Å². The first-order valence-electron chi connectivity index (χ1n) is 15.2. The van der Waals surface area contributed by atoms with Crippen molar-refractivity contribution in [2.45, 2.75) is 89.8 Å². The number of likely N-dealkylation sites (tertiary alicyclic amines) is 1. The van der Waals surface area contributed by atoms with Gasteiger partial charge in [-0.15, -0.1) is 0 Å². The van der Waals surface area contributed by atoms with Crippen LogP contribution in [0.1, 0.15) is 86.7 Å². The molecular weight excluding hydrogens is 486 g/mol. The third-order valence-electron chi connectivity index (χ3n) is 9.51. The summed E-state index contributed by atoms with van der Waals surface area (Å²) < 4.78 is 6.73. The standard InChI is InChI=1S/C33H43N3O3/c1-22-16-23(2)35-32(38)29(22)20-34-31(37)26-17-27-19-33(12-4-5-13-33)39-30(27)28(18-26)25-10-8-24(9-11-25)21-36-14-6-3-7-15-36/h8-11,17-18,22-23,29H,3-7,12-16,19-21H2,1-2H3,(H,34,37)(H,35,38). The van der Waals surface area contributed by atoms with Gasteiger partial charge in [-0.05, 0) is 99.7 Å². The average molecular weight is 530 g/mol. The van der Waals surface area contributed by atoms with Crippen LogP contribution in [0.15, 0.2) is 36.4 Å². The van der Waals surface area contributed by atoms with Crippen molar-refractivity contribution in [1.29, 1.82) is 0 Å². The van der Waals surface area contributed by atoms with E-state index in [0.29, 0.717) is 12.1 Å². The van der Waals surface area contributed by atoms with E-state index in [1.54, 1.807) is 0 Å². The Morgan fingerprint density at radius 3 is 2.51 bits per heavy atom. The zero-order valence-corrected chi connectivity index (χ0v) is 23.6. The minimum absolute atomic E-state index is 0.0393. The summed E-state index contributed by atoms with van der Waals surface area (Å²) in [5.41, 5.74) is 5.09. The van der Waals surface area contributed by atoms with Crippen LogP contribution in [0.5, 0.6) is 5.75 Å². The van der Waals surface area contributed by atoms with E-state index in [9.17, 15) is 9.59 Å². The molecule has 2 N–H and O–H groups in total. The molecule has 2 aromatic carbocycles. The van der Waals surface area contributed by atoms with Crippen molar-refractivity contribution in [3.05, 3.63) is 53.1 Å². The Morgan fingerprint density at radius 2 is 1.79 bits per heavy atom. The number of piperidine rings is 2. The van der Waals surface area contributed by atoms with Gasteiger partial charge < -0.3 is 15.4 Å². The highest BCUT2D eigenvalue weighted by Gasteiger charge is 2.43. The third kappa shape index (κ3) is 5.58. The van der Waals surface area contributed by atoms with E-state index in [0.717, 1.165) is 54.7 Å². The van der Waals surface area contributed by atoms with Gasteiger partial charge in [0.05, 0.1) is 5.92 Å². The number of carbonyl (C=O) groups is 2. The highest BCUT2D eigenvalue weighted by atomic mass is 16.5. The monoisotopic (exact) mass is 529 g/mol. The Bertz CT molecular complexity index is 1210. The second-order valence-corrected chi connectivity index (χ2v) is 12.7. The molecule has 0 aromatic heterocycles. The highest BCUT2D eigenvalue weighted by Crippen LogP contribution is 2.49. The predicted molar refractivity (Wildman–Crippen MR) is 154 cm³/mol. The molecule has 1 aliphatic carbocycles. The van der Waals surface area contributed by atoms with Gasteiger partial charge in [0, 0.05) is 36.7 Å². The van der Waals surface area contributed by atoms with Crippen molar-refractivity contribution in [2.24, 2.45) is 11.8 Å². The summed E-state index contributed by atoms with van der Waals surface area (Å²) in [6.07, 6.45) is 10.3. The topological polar surface area (TPSA) is 70.7 Å². The maximum absolute atomic E-state index is 13.4. The lowest BCUT2D eigenvalue weighted by Gasteiger charge is -2.32. The zero-order valence-electron chi connectivity index (χ0n) is 23.6. The predicted octanol–water partition coefficient (Wildman–Crippen LogP) is 5.48. The van der Waals surface area contributed by atoms with E-state index in [1.165, 1.54) is 50.8 Å². The minimum Gasteiger partial charge on any atom is -0.486 e. The first-order valence-corrected chi connectivity index (χ1v) is 15.2. The van der Waals surface area contributed by atoms with Crippen LogP contribution in [0.3, 0.4) is 0 Å². The quantitative estimate of drug-likeness (QED) is 0.520. The molecule has 2 saturated heterocycles. The lowest BCUT2D eigenvalue weighted by Crippen LogP contribution is -2.50. The van der Waals surface area contributed by atoms with Gasteiger partial charge in [-0.1, -0.05) is 37.6 Å². The molecule has 39 heavy (non-hydrogen) atoms. The van der Waals surface area contributed by atoms with Gasteiger partial charge in [0.2, 0.25) is 5.91 Å². The molecule has 2 amide bonds. The van der Waals surface area contributed by atoms with Gasteiger partial charge in [-0.2, -0.15) is 0 Å². The first-order chi connectivity index (χ1) is 18.9. The normalized spacial score (nSPS) is 26.2. The van der Waals surface area contributed by atoms with Gasteiger partial charge in [-0.25, -0.2) is 0 Å². The third-order valence-corrected chi connectivity index (χ3v) is 9.51. The summed E-state index contributed by atoms with van der Waals surface area (Å²) >= 11 is 0. The summed E-state index contributed by atoms with van der Waals surface area (Å²) in [4.78, 5) is 28.6. The molecular formula is C33H43N3O3. The molecule has 0 radical (unpaired) electrons. The molecule has 3 aliphatic heterocycles. The first kappa shape index (κ1) is 26.4. The molecule has 3 heterocycles. The number of hydrogen-bond donors (Lipinski definition) is 2. The molecule has 1 saturated carbocycles. The minimum atomic E-state index is -0.198. The van der Waals surface area contributed by atoms with Crippen LogP contribution in [0.25, 0.3) is 11.1 Å². The molecule has 4 aliphatic rings. The SMILES string of the molecule is CC1CC(C)C(CNC(=O)c2cc3c(c(-c4ccc(CN5CCCCC5)cc4)c2)OC2(CCCC2)C3)C(=O)N1. The van der Waals surface area contributed by atoms with Crippen LogP contribution in [-0.4, -0.2) is 48.0 Å². The van der Waals surface area contributed by atoms with Crippen LogP contribution < -0.4 is 15.4 Å². The molecule has 0 bridgehead atoms. The number of carbonyl (C=O) groups excluding carboxylic acids is 2. The number of hydrogen-bond acceptors (Lipinski definition) is 4. The van der Waals surface area contributed by atoms with Crippen LogP contribution in [0.2, 0.25) is 0 Å². The Kier molecular flexibility index (Phi) is 7.41. The van der Waals surface area contributed by atoms with Crippen molar-refractivity contribution in [3.63, 3.8) is 0 Å². The Morgan fingerprint density at radius 1 is 1.05 bits per heavy atom. The smallest absolute Gasteiger partial charge is 0.251 e. The van der Waals surface area contributed by atoms with E-state index in [1.807, 2.05) is 19.1 Å². The average Bonchev–Trinajstić information content (AvgIpc) is 3.54. The second-order valence-electron chi connectivity index (χ2n) is 12.7. The number of nitrogens with zero attached hydrogens (tertiary/aromatic N) is 1. The van der Waals surface area contributed by atoms with Gasteiger partial charge in [0.1, 0.15) is 11.4 Å². The van der Waals surface area contributed by atoms with Gasteiger partial charge >= 0.3 is 0 Å². The summed E-state index contributed by atoms with van der Waals surface area (Å²) in [6.45, 7) is 7.86. The van der Waals surface area contributed by atoms with Crippen LogP contribution in [0, 0.1) is 11.8 Å². The Hall–Kier alpha value is -2.86. The highest BCUT2D eigenvalue weighted by molar-refractivity contribution is 5.97. The molecule has 2 aromatic rings. The summed E-state index contributed by atoms with van der Waals surface area (Å²) in [5, 5.41) is 6.12. The van der Waals surface area contributed by atoms with Crippen molar-refractivity contribution in [2.75, 3.05) is 19.6 Å². The molecule has 6 rings (SSSR count). The zero-order chi connectivity index (χ0) is 27.0. The largest absolute Gasteiger partial charge is 0.486 e. The molecule has 208 valence electrons. The fourth-order valence-electron chi connectivity index (χ4n) is 7.34. The Labute approximate surface area is 232 Å². The molecule has 1 spiro atoms. The van der Waals surface area contributed by atoms with E-state index >= 15 is 0 Å². The number of benzene rings is 2. The number of fused-ring (bicyclic) bond motifs is 1. The van der Waals surface area contributed by atoms with Crippen molar-refractivity contribution < 1.29 is 14.3 Å². The maximum Gasteiger partial charge on any atom is 0.251 e. The van der Waals surface area contributed by atoms with E-state index in [4.69, 9.17) is 4.74 Å².